The van der Waals surface area contributed by atoms with Crippen LogP contribution in [0.4, 0.5) is 8.78 Å². The highest BCUT2D eigenvalue weighted by Crippen LogP contribution is 2.26. The summed E-state index contributed by atoms with van der Waals surface area (Å²) >= 11 is 2.77. The van der Waals surface area contributed by atoms with Crippen LogP contribution in [-0.4, -0.2) is 32.1 Å². The van der Waals surface area contributed by atoms with Crippen LogP contribution in [0.25, 0.3) is 11.1 Å². The Morgan fingerprint density at radius 2 is 1.97 bits per heavy atom. The van der Waals surface area contributed by atoms with Crippen molar-refractivity contribution in [3.8, 4) is 0 Å². The molecule has 0 radical (unpaired) electrons. The normalized spacial score (nSPS) is 11.7. The van der Waals surface area contributed by atoms with E-state index in [1.807, 2.05) is 4.72 Å². The fraction of sp³-hybridized carbons (Fsp3) is 0.176. The van der Waals surface area contributed by atoms with Gasteiger partial charge >= 0.3 is 11.7 Å². The second-order valence-electron chi connectivity index (χ2n) is 5.73. The summed E-state index contributed by atoms with van der Waals surface area (Å²) in [7, 11) is -4.45. The van der Waals surface area contributed by atoms with E-state index in [4.69, 9.17) is 9.15 Å². The molecule has 3 rings (SSSR count). The van der Waals surface area contributed by atoms with Gasteiger partial charge in [0, 0.05) is 10.5 Å². The van der Waals surface area contributed by atoms with E-state index in [0.717, 1.165) is 6.07 Å². The summed E-state index contributed by atoms with van der Waals surface area (Å²) in [5.41, 5.74) is 0.898. The number of nitrogens with one attached hydrogen (secondary N) is 1. The second-order valence-corrected chi connectivity index (χ2v) is 8.29. The van der Waals surface area contributed by atoms with Crippen LogP contribution in [0.5, 0.6) is 0 Å². The SMILES string of the molecule is O=C(CNS(=O)(=O)c1c(F)cc(F)cc1Br)OCCn1c(=O)oc2ccccc21. The van der Waals surface area contributed by atoms with Crippen LogP contribution in [-0.2, 0) is 26.1 Å². The Morgan fingerprint density at radius 1 is 1.24 bits per heavy atom. The summed E-state index contributed by atoms with van der Waals surface area (Å²) in [5.74, 6) is -3.86. The molecule has 154 valence electrons. The van der Waals surface area contributed by atoms with Gasteiger partial charge in [-0.25, -0.2) is 22.0 Å². The predicted molar refractivity (Wildman–Crippen MR) is 101 cm³/mol. The third-order valence-electron chi connectivity index (χ3n) is 3.79. The van der Waals surface area contributed by atoms with E-state index < -0.39 is 44.8 Å². The Morgan fingerprint density at radius 3 is 2.69 bits per heavy atom. The van der Waals surface area contributed by atoms with Crippen molar-refractivity contribution in [3.63, 3.8) is 0 Å². The summed E-state index contributed by atoms with van der Waals surface area (Å²) in [6, 6.07) is 7.87. The van der Waals surface area contributed by atoms with E-state index in [9.17, 15) is 26.8 Å². The number of carbonyl (C=O) groups excluding carboxylic acids is 1. The maximum Gasteiger partial charge on any atom is 0.420 e. The summed E-state index contributed by atoms with van der Waals surface area (Å²) in [5, 5.41) is 0. The van der Waals surface area contributed by atoms with Crippen LogP contribution >= 0.6 is 15.9 Å². The average molecular weight is 491 g/mol. The molecule has 0 aliphatic carbocycles. The lowest BCUT2D eigenvalue weighted by Gasteiger charge is -2.10. The molecule has 1 N–H and O–H groups in total. The number of para-hydroxylation sites is 2. The highest BCUT2D eigenvalue weighted by molar-refractivity contribution is 9.10. The van der Waals surface area contributed by atoms with Gasteiger partial charge in [-0.2, -0.15) is 4.72 Å². The van der Waals surface area contributed by atoms with Crippen molar-refractivity contribution < 1.29 is 31.1 Å². The van der Waals surface area contributed by atoms with Crippen LogP contribution in [0.2, 0.25) is 0 Å². The van der Waals surface area contributed by atoms with E-state index in [1.165, 1.54) is 4.57 Å². The number of sulfonamides is 1. The third kappa shape index (κ3) is 4.71. The Bertz CT molecular complexity index is 1220. The van der Waals surface area contributed by atoms with Crippen LogP contribution in [0, 0.1) is 11.6 Å². The number of ether oxygens (including phenoxy) is 1. The molecular formula is C17H13BrF2N2O6S. The van der Waals surface area contributed by atoms with Gasteiger partial charge in [0.05, 0.1) is 12.1 Å². The summed E-state index contributed by atoms with van der Waals surface area (Å²) in [6.45, 7) is -1.02. The first-order valence-electron chi connectivity index (χ1n) is 8.07. The second kappa shape index (κ2) is 8.43. The number of nitrogens with zero attached hydrogens (tertiary/aromatic N) is 1. The first-order valence-corrected chi connectivity index (χ1v) is 10.3. The van der Waals surface area contributed by atoms with E-state index >= 15 is 0 Å². The van der Waals surface area contributed by atoms with E-state index in [0.29, 0.717) is 17.2 Å². The van der Waals surface area contributed by atoms with Crippen molar-refractivity contribution in [2.75, 3.05) is 13.2 Å². The molecule has 1 aromatic heterocycles. The van der Waals surface area contributed by atoms with Crippen molar-refractivity contribution >= 4 is 43.0 Å². The number of oxazole rings is 1. The van der Waals surface area contributed by atoms with Gasteiger partial charge in [0.1, 0.15) is 29.7 Å². The molecule has 0 bridgehead atoms. The van der Waals surface area contributed by atoms with Gasteiger partial charge in [0.2, 0.25) is 10.0 Å². The fourth-order valence-electron chi connectivity index (χ4n) is 2.54. The van der Waals surface area contributed by atoms with Gasteiger partial charge in [-0.3, -0.25) is 9.36 Å². The number of benzene rings is 2. The number of hydrogen-bond donors (Lipinski definition) is 1. The monoisotopic (exact) mass is 490 g/mol. The number of halogens is 3. The molecule has 0 aliphatic heterocycles. The van der Waals surface area contributed by atoms with Crippen molar-refractivity contribution in [3.05, 3.63) is 63.1 Å². The molecule has 12 heteroatoms. The van der Waals surface area contributed by atoms with E-state index in [1.54, 1.807) is 24.3 Å². The van der Waals surface area contributed by atoms with E-state index in [-0.39, 0.29) is 17.6 Å². The van der Waals surface area contributed by atoms with Crippen molar-refractivity contribution in [2.24, 2.45) is 0 Å². The molecule has 8 nitrogen and oxygen atoms in total. The Hall–Kier alpha value is -2.57. The number of fused-ring (bicyclic) bond motifs is 1. The van der Waals surface area contributed by atoms with Gasteiger partial charge in [0.15, 0.2) is 5.58 Å². The molecule has 0 atom stereocenters. The molecule has 0 unspecified atom stereocenters. The number of rotatable bonds is 7. The molecule has 1 heterocycles. The number of hydrogen-bond acceptors (Lipinski definition) is 6. The lowest BCUT2D eigenvalue weighted by atomic mass is 10.3. The fourth-order valence-corrected chi connectivity index (χ4v) is 4.67. The minimum absolute atomic E-state index is 0.00747. The summed E-state index contributed by atoms with van der Waals surface area (Å²) in [4.78, 5) is 22.8. The first-order chi connectivity index (χ1) is 13.7. The molecule has 0 fully saturated rings. The largest absolute Gasteiger partial charge is 0.463 e. The molecule has 3 aromatic rings. The zero-order valence-corrected chi connectivity index (χ0v) is 16.9. The standard InChI is InChI=1S/C17H13BrF2N2O6S/c18-11-7-10(19)8-12(20)16(11)29(25,26)21-9-15(23)27-6-5-22-13-3-1-2-4-14(13)28-17(22)24/h1-4,7-8,21H,5-6,9H2. The Kier molecular flexibility index (Phi) is 6.15. The number of carbonyl (C=O) groups is 1. The zero-order chi connectivity index (χ0) is 21.2. The van der Waals surface area contributed by atoms with Crippen molar-refractivity contribution in [2.45, 2.75) is 11.4 Å². The number of aromatic nitrogens is 1. The van der Waals surface area contributed by atoms with Crippen LogP contribution < -0.4 is 10.5 Å². The molecular weight excluding hydrogens is 478 g/mol. The smallest absolute Gasteiger partial charge is 0.420 e. The highest BCUT2D eigenvalue weighted by atomic mass is 79.9. The van der Waals surface area contributed by atoms with E-state index in [2.05, 4.69) is 15.9 Å². The molecule has 0 spiro atoms. The van der Waals surface area contributed by atoms with Crippen LogP contribution in [0.15, 0.2) is 55.0 Å². The predicted octanol–water partition coefficient (Wildman–Crippen LogP) is 2.16. The highest BCUT2D eigenvalue weighted by Gasteiger charge is 2.24. The lowest BCUT2D eigenvalue weighted by Crippen LogP contribution is -2.32. The third-order valence-corrected chi connectivity index (χ3v) is 6.15. The van der Waals surface area contributed by atoms with Gasteiger partial charge in [0.25, 0.3) is 0 Å². The van der Waals surface area contributed by atoms with Gasteiger partial charge in [-0.15, -0.1) is 0 Å². The van der Waals surface area contributed by atoms with Crippen LogP contribution in [0.3, 0.4) is 0 Å². The Balaban J connectivity index is 1.59. The van der Waals surface area contributed by atoms with Crippen molar-refractivity contribution in [1.82, 2.24) is 9.29 Å². The molecule has 0 saturated carbocycles. The summed E-state index contributed by atoms with van der Waals surface area (Å²) < 4.78 is 64.0. The average Bonchev–Trinajstić information content (AvgIpc) is 2.94. The molecule has 0 aliphatic rings. The zero-order valence-electron chi connectivity index (χ0n) is 14.5. The minimum atomic E-state index is -4.45. The lowest BCUT2D eigenvalue weighted by molar-refractivity contribution is -0.142. The molecule has 29 heavy (non-hydrogen) atoms. The molecule has 0 amide bonds. The van der Waals surface area contributed by atoms with Crippen LogP contribution in [0.1, 0.15) is 0 Å². The minimum Gasteiger partial charge on any atom is -0.463 e. The van der Waals surface area contributed by atoms with Crippen molar-refractivity contribution in [1.29, 1.82) is 0 Å². The molecule has 2 aromatic carbocycles. The topological polar surface area (TPSA) is 108 Å². The maximum atomic E-state index is 13.8. The van der Waals surface area contributed by atoms with Gasteiger partial charge in [-0.05, 0) is 34.1 Å². The quantitative estimate of drug-likeness (QED) is 0.508. The first kappa shape index (κ1) is 21.1. The maximum absolute atomic E-state index is 13.8. The Labute approximate surface area is 171 Å². The van der Waals surface area contributed by atoms with Gasteiger partial charge < -0.3 is 9.15 Å². The summed E-state index contributed by atoms with van der Waals surface area (Å²) in [6.07, 6.45) is 0. The number of esters is 1. The van der Waals surface area contributed by atoms with Gasteiger partial charge in [-0.1, -0.05) is 12.1 Å². The molecule has 0 saturated heterocycles.